The Balaban J connectivity index is 2.62. The molecule has 7 heteroatoms. The van der Waals surface area contributed by atoms with Crippen LogP contribution < -0.4 is 5.32 Å². The Morgan fingerprint density at radius 3 is 2.59 bits per heavy atom. The molecule has 0 radical (unpaired) electrons. The average Bonchev–Trinajstić information content (AvgIpc) is 2.31. The first-order chi connectivity index (χ1) is 10.1. The maximum atomic E-state index is 11.7. The zero-order valence-corrected chi connectivity index (χ0v) is 13.9. The third-order valence-corrected chi connectivity index (χ3v) is 2.78. The van der Waals surface area contributed by atoms with E-state index in [1.54, 1.807) is 51.1 Å². The first-order valence-electron chi connectivity index (χ1n) is 6.66. The number of hydrogen-bond donors (Lipinski definition) is 1. The van der Waals surface area contributed by atoms with E-state index in [1.807, 2.05) is 6.07 Å². The predicted molar refractivity (Wildman–Crippen MR) is 86.1 cm³/mol. The Kier molecular flexibility index (Phi) is 6.13. The van der Waals surface area contributed by atoms with Gasteiger partial charge in [0, 0.05) is 5.69 Å². The Hall–Kier alpha value is -1.86. The van der Waals surface area contributed by atoms with Gasteiger partial charge in [-0.05, 0) is 38.5 Å². The molecular weight excluding hydrogens is 306 g/mol. The van der Waals surface area contributed by atoms with Crippen molar-refractivity contribution in [1.29, 1.82) is 0 Å². The van der Waals surface area contributed by atoms with Crippen LogP contribution in [0.2, 0.25) is 0 Å². The fourth-order valence-electron chi connectivity index (χ4n) is 1.49. The molecule has 0 fully saturated rings. The highest BCUT2D eigenvalue weighted by atomic mass is 32.2. The van der Waals surface area contributed by atoms with Gasteiger partial charge < -0.3 is 4.74 Å². The van der Waals surface area contributed by atoms with Gasteiger partial charge in [-0.15, -0.1) is 0 Å². The zero-order valence-electron chi connectivity index (χ0n) is 13.1. The first kappa shape index (κ1) is 18.2. The van der Waals surface area contributed by atoms with Gasteiger partial charge in [-0.25, -0.2) is 4.79 Å². The summed E-state index contributed by atoms with van der Waals surface area (Å²) in [5, 5.41) is 2.63. The Morgan fingerprint density at radius 2 is 2.00 bits per heavy atom. The molecule has 0 heterocycles. The van der Waals surface area contributed by atoms with Crippen LogP contribution in [-0.2, 0) is 19.0 Å². The van der Waals surface area contributed by atoms with Gasteiger partial charge in [0.15, 0.2) is 0 Å². The molecule has 6 nitrogen and oxygen atoms in total. The van der Waals surface area contributed by atoms with E-state index in [9.17, 15) is 13.2 Å². The third-order valence-electron chi connectivity index (χ3n) is 2.22. The summed E-state index contributed by atoms with van der Waals surface area (Å²) in [4.78, 5) is 11.7. The predicted octanol–water partition coefficient (Wildman–Crippen LogP) is 3.02. The Morgan fingerprint density at radius 1 is 1.32 bits per heavy atom. The molecule has 0 spiro atoms. The number of carbonyl (C=O) groups is 1. The summed E-state index contributed by atoms with van der Waals surface area (Å²) in [7, 11) is -3.44. The summed E-state index contributed by atoms with van der Waals surface area (Å²) >= 11 is 0. The lowest BCUT2D eigenvalue weighted by Gasteiger charge is -2.19. The summed E-state index contributed by atoms with van der Waals surface area (Å²) in [6.45, 7) is 5.32. The second kappa shape index (κ2) is 7.42. The molecule has 0 aliphatic carbocycles. The highest BCUT2D eigenvalue weighted by Gasteiger charge is 2.16. The Labute approximate surface area is 131 Å². The van der Waals surface area contributed by atoms with E-state index in [0.717, 1.165) is 11.8 Å². The molecule has 0 atom stereocenters. The molecule has 0 aliphatic rings. The number of amides is 1. The quantitative estimate of drug-likeness (QED) is 0.841. The van der Waals surface area contributed by atoms with Gasteiger partial charge in [0.25, 0.3) is 10.1 Å². The maximum absolute atomic E-state index is 11.7. The molecule has 1 rings (SSSR count). The fourth-order valence-corrected chi connectivity index (χ4v) is 1.81. The molecule has 0 aromatic heterocycles. The minimum absolute atomic E-state index is 0.0391. The van der Waals surface area contributed by atoms with Crippen molar-refractivity contribution in [3.63, 3.8) is 0 Å². The van der Waals surface area contributed by atoms with Crippen molar-refractivity contribution in [2.75, 3.05) is 18.2 Å². The first-order valence-corrected chi connectivity index (χ1v) is 8.48. The fraction of sp³-hybridized carbons (Fsp3) is 0.400. The lowest BCUT2D eigenvalue weighted by atomic mass is 10.2. The van der Waals surface area contributed by atoms with Crippen LogP contribution in [0.4, 0.5) is 10.5 Å². The van der Waals surface area contributed by atoms with Crippen LogP contribution in [0, 0.1) is 0 Å². The van der Waals surface area contributed by atoms with Crippen molar-refractivity contribution >= 4 is 28.0 Å². The standard InChI is InChI=1S/C15H21NO5S/c1-15(2,3)21-14(17)16-13-9-5-7-12(11-13)8-6-10-20-22(4,18)19/h5-9,11H,10H2,1-4H3,(H,16,17)/b8-6+. The normalized spacial score (nSPS) is 12.4. The van der Waals surface area contributed by atoms with Gasteiger partial charge in [-0.2, -0.15) is 8.42 Å². The number of anilines is 1. The largest absolute Gasteiger partial charge is 0.444 e. The summed E-state index contributed by atoms with van der Waals surface area (Å²) in [5.41, 5.74) is 0.816. The molecular formula is C15H21NO5S. The third kappa shape index (κ3) is 8.43. The smallest absolute Gasteiger partial charge is 0.412 e. The number of hydrogen-bond acceptors (Lipinski definition) is 5. The number of ether oxygens (including phenoxy) is 1. The number of nitrogens with one attached hydrogen (secondary N) is 1. The van der Waals surface area contributed by atoms with E-state index in [0.29, 0.717) is 5.69 Å². The highest BCUT2D eigenvalue weighted by Crippen LogP contribution is 2.14. The van der Waals surface area contributed by atoms with Gasteiger partial charge >= 0.3 is 6.09 Å². The second-order valence-electron chi connectivity index (χ2n) is 5.64. The van der Waals surface area contributed by atoms with E-state index in [2.05, 4.69) is 9.50 Å². The summed E-state index contributed by atoms with van der Waals surface area (Å²) in [6.07, 6.45) is 3.74. The van der Waals surface area contributed by atoms with Crippen LogP contribution in [-0.4, -0.2) is 33.0 Å². The van der Waals surface area contributed by atoms with E-state index >= 15 is 0 Å². The number of carbonyl (C=O) groups excluding carboxylic acids is 1. The second-order valence-corrected chi connectivity index (χ2v) is 7.29. The Bertz CT molecular complexity index is 644. The molecule has 0 saturated heterocycles. The molecule has 1 N–H and O–H groups in total. The summed E-state index contributed by atoms with van der Waals surface area (Å²) in [6, 6.07) is 7.05. The van der Waals surface area contributed by atoms with Crippen molar-refractivity contribution in [1.82, 2.24) is 0 Å². The minimum Gasteiger partial charge on any atom is -0.444 e. The molecule has 1 amide bonds. The lowest BCUT2D eigenvalue weighted by Crippen LogP contribution is -2.27. The molecule has 22 heavy (non-hydrogen) atoms. The van der Waals surface area contributed by atoms with Crippen molar-refractivity contribution in [3.8, 4) is 0 Å². The van der Waals surface area contributed by atoms with Crippen molar-refractivity contribution in [3.05, 3.63) is 35.9 Å². The molecule has 1 aromatic rings. The van der Waals surface area contributed by atoms with Crippen LogP contribution in [0.1, 0.15) is 26.3 Å². The van der Waals surface area contributed by atoms with Crippen LogP contribution >= 0.6 is 0 Å². The average molecular weight is 327 g/mol. The van der Waals surface area contributed by atoms with Crippen molar-refractivity contribution in [2.45, 2.75) is 26.4 Å². The molecule has 1 aromatic carbocycles. The van der Waals surface area contributed by atoms with Gasteiger partial charge in [0.2, 0.25) is 0 Å². The number of benzene rings is 1. The van der Waals surface area contributed by atoms with Gasteiger partial charge in [0.05, 0.1) is 12.9 Å². The number of rotatable bonds is 5. The molecule has 0 saturated carbocycles. The molecule has 0 aliphatic heterocycles. The van der Waals surface area contributed by atoms with Crippen molar-refractivity contribution in [2.24, 2.45) is 0 Å². The van der Waals surface area contributed by atoms with Gasteiger partial charge in [0.1, 0.15) is 5.60 Å². The minimum atomic E-state index is -3.44. The van der Waals surface area contributed by atoms with Crippen LogP contribution in [0.25, 0.3) is 6.08 Å². The lowest BCUT2D eigenvalue weighted by molar-refractivity contribution is 0.0636. The molecule has 0 bridgehead atoms. The maximum Gasteiger partial charge on any atom is 0.412 e. The van der Waals surface area contributed by atoms with Crippen LogP contribution in [0.15, 0.2) is 30.3 Å². The van der Waals surface area contributed by atoms with E-state index in [1.165, 1.54) is 0 Å². The van der Waals surface area contributed by atoms with E-state index < -0.39 is 21.8 Å². The van der Waals surface area contributed by atoms with Crippen molar-refractivity contribution < 1.29 is 22.1 Å². The van der Waals surface area contributed by atoms with E-state index in [4.69, 9.17) is 4.74 Å². The topological polar surface area (TPSA) is 81.7 Å². The van der Waals surface area contributed by atoms with Crippen LogP contribution in [0.3, 0.4) is 0 Å². The molecule has 0 unspecified atom stereocenters. The summed E-state index contributed by atoms with van der Waals surface area (Å²) < 4.78 is 31.4. The molecule has 122 valence electrons. The van der Waals surface area contributed by atoms with E-state index in [-0.39, 0.29) is 6.61 Å². The zero-order chi connectivity index (χ0) is 16.8. The van der Waals surface area contributed by atoms with Crippen LogP contribution in [0.5, 0.6) is 0 Å². The summed E-state index contributed by atoms with van der Waals surface area (Å²) in [5.74, 6) is 0. The van der Waals surface area contributed by atoms with Gasteiger partial charge in [-0.1, -0.05) is 24.3 Å². The monoisotopic (exact) mass is 327 g/mol. The SMILES string of the molecule is CC(C)(C)OC(=O)Nc1cccc(/C=C/COS(C)(=O)=O)c1. The highest BCUT2D eigenvalue weighted by molar-refractivity contribution is 7.85. The van der Waals surface area contributed by atoms with Gasteiger partial charge in [-0.3, -0.25) is 9.50 Å².